The van der Waals surface area contributed by atoms with Gasteiger partial charge in [0.05, 0.1) is 7.85 Å². The number of imide groups is 1. The fourth-order valence-electron chi connectivity index (χ4n) is 2.40. The first kappa shape index (κ1) is 12.7. The summed E-state index contributed by atoms with van der Waals surface area (Å²) in [5, 5.41) is 7.59. The number of carbonyl (C=O) groups is 3. The first-order valence-corrected chi connectivity index (χ1v) is 5.84. The first-order valence-electron chi connectivity index (χ1n) is 5.84. The molecular formula is C11H14BN3O3. The van der Waals surface area contributed by atoms with Crippen molar-refractivity contribution in [3.63, 3.8) is 0 Å². The molecule has 1 fully saturated rings. The molecule has 2 radical (unpaired) electrons. The Morgan fingerprint density at radius 1 is 1.50 bits per heavy atom. The van der Waals surface area contributed by atoms with Gasteiger partial charge in [0.25, 0.3) is 5.91 Å². The Morgan fingerprint density at radius 2 is 2.28 bits per heavy atom. The van der Waals surface area contributed by atoms with Gasteiger partial charge in [-0.2, -0.15) is 0 Å². The number of allylic oxidation sites excluding steroid dienone is 1. The molecule has 1 spiro atoms. The minimum absolute atomic E-state index is 0.0892. The van der Waals surface area contributed by atoms with Crippen LogP contribution < -0.4 is 16.0 Å². The van der Waals surface area contributed by atoms with Crippen molar-refractivity contribution in [2.24, 2.45) is 5.92 Å². The lowest BCUT2D eigenvalue weighted by Gasteiger charge is -2.36. The molecule has 2 aliphatic rings. The molecule has 0 aromatic rings. The second-order valence-corrected chi connectivity index (χ2v) is 4.50. The van der Waals surface area contributed by atoms with Gasteiger partial charge in [-0.3, -0.25) is 14.9 Å². The molecule has 1 heterocycles. The van der Waals surface area contributed by atoms with Gasteiger partial charge in [0, 0.05) is 12.5 Å². The van der Waals surface area contributed by atoms with E-state index in [9.17, 15) is 14.4 Å². The number of nitrogens with one attached hydrogen (secondary N) is 3. The van der Waals surface area contributed by atoms with Crippen molar-refractivity contribution in [2.45, 2.75) is 24.7 Å². The Bertz CT molecular complexity index is 424. The quantitative estimate of drug-likeness (QED) is 0.348. The lowest BCUT2D eigenvalue weighted by Crippen LogP contribution is -2.56. The molecule has 94 valence electrons. The van der Waals surface area contributed by atoms with Crippen molar-refractivity contribution in [3.8, 4) is 0 Å². The standard InChI is InChI=1S/C11H14BN3O3/c12-5-8(16)13-6-7-3-1-2-4-11(7)9(17)14-10(18)15-11/h1-2,7H,3-6H2,(H,13,16)(H2,14,15,17,18). The Kier molecular flexibility index (Phi) is 3.40. The first-order chi connectivity index (χ1) is 8.58. The smallest absolute Gasteiger partial charge is 0.322 e. The van der Waals surface area contributed by atoms with Crippen molar-refractivity contribution in [1.82, 2.24) is 16.0 Å². The van der Waals surface area contributed by atoms with E-state index in [4.69, 9.17) is 7.85 Å². The van der Waals surface area contributed by atoms with Gasteiger partial charge >= 0.3 is 6.03 Å². The van der Waals surface area contributed by atoms with Crippen molar-refractivity contribution >= 4 is 25.7 Å². The van der Waals surface area contributed by atoms with Crippen LogP contribution >= 0.6 is 0 Å². The second-order valence-electron chi connectivity index (χ2n) is 4.50. The van der Waals surface area contributed by atoms with Crippen LogP contribution in [0.3, 0.4) is 0 Å². The molecular weight excluding hydrogens is 233 g/mol. The van der Waals surface area contributed by atoms with E-state index >= 15 is 0 Å². The summed E-state index contributed by atoms with van der Waals surface area (Å²) in [6.07, 6.45) is 4.79. The molecule has 1 aliphatic carbocycles. The van der Waals surface area contributed by atoms with Crippen LogP contribution in [-0.4, -0.2) is 37.8 Å². The highest BCUT2D eigenvalue weighted by atomic mass is 16.2. The highest BCUT2D eigenvalue weighted by Crippen LogP contribution is 2.32. The number of amides is 4. The Balaban J connectivity index is 2.12. The van der Waals surface area contributed by atoms with Gasteiger partial charge < -0.3 is 10.6 Å². The van der Waals surface area contributed by atoms with Gasteiger partial charge in [-0.1, -0.05) is 12.2 Å². The lowest BCUT2D eigenvalue weighted by atomic mass is 9.75. The van der Waals surface area contributed by atoms with E-state index in [1.165, 1.54) is 0 Å². The maximum atomic E-state index is 11.9. The highest BCUT2D eigenvalue weighted by molar-refractivity contribution is 6.19. The summed E-state index contributed by atoms with van der Waals surface area (Å²) in [5.41, 5.74) is -0.937. The maximum absolute atomic E-state index is 11.9. The van der Waals surface area contributed by atoms with E-state index < -0.39 is 11.6 Å². The molecule has 2 unspecified atom stereocenters. The van der Waals surface area contributed by atoms with E-state index in [2.05, 4.69) is 16.0 Å². The van der Waals surface area contributed by atoms with Gasteiger partial charge in [0.1, 0.15) is 5.54 Å². The van der Waals surface area contributed by atoms with E-state index in [1.807, 2.05) is 12.2 Å². The molecule has 1 aliphatic heterocycles. The zero-order chi connectivity index (χ0) is 13.2. The molecule has 4 amide bonds. The molecule has 7 heteroatoms. The van der Waals surface area contributed by atoms with Crippen LogP contribution in [0.25, 0.3) is 0 Å². The van der Waals surface area contributed by atoms with Crippen molar-refractivity contribution < 1.29 is 14.4 Å². The largest absolute Gasteiger partial charge is 0.356 e. The maximum Gasteiger partial charge on any atom is 0.322 e. The van der Waals surface area contributed by atoms with Crippen LogP contribution in [0, 0.1) is 5.92 Å². The van der Waals surface area contributed by atoms with Crippen LogP contribution in [0.15, 0.2) is 12.2 Å². The van der Waals surface area contributed by atoms with Crippen LogP contribution in [0.5, 0.6) is 0 Å². The molecule has 1 saturated heterocycles. The highest BCUT2D eigenvalue weighted by Gasteiger charge is 2.51. The Hall–Kier alpha value is -1.79. The summed E-state index contributed by atoms with van der Waals surface area (Å²) < 4.78 is 0. The molecule has 18 heavy (non-hydrogen) atoms. The minimum atomic E-state index is -0.937. The van der Waals surface area contributed by atoms with E-state index in [0.717, 1.165) is 0 Å². The fraction of sp³-hybridized carbons (Fsp3) is 0.545. The monoisotopic (exact) mass is 247 g/mol. The summed E-state index contributed by atoms with van der Waals surface area (Å²) in [6.45, 7) is 0.314. The zero-order valence-corrected chi connectivity index (χ0v) is 9.86. The molecule has 3 N–H and O–H groups in total. The van der Waals surface area contributed by atoms with Gasteiger partial charge in [0.2, 0.25) is 5.91 Å². The van der Waals surface area contributed by atoms with E-state index in [-0.39, 0.29) is 24.1 Å². The average molecular weight is 247 g/mol. The predicted molar refractivity (Wildman–Crippen MR) is 64.8 cm³/mol. The fourth-order valence-corrected chi connectivity index (χ4v) is 2.40. The molecule has 2 atom stereocenters. The van der Waals surface area contributed by atoms with Gasteiger partial charge in [-0.15, -0.1) is 0 Å². The van der Waals surface area contributed by atoms with E-state index in [1.54, 1.807) is 0 Å². The molecule has 6 nitrogen and oxygen atoms in total. The van der Waals surface area contributed by atoms with Gasteiger partial charge in [0.15, 0.2) is 0 Å². The van der Waals surface area contributed by atoms with Crippen molar-refractivity contribution in [3.05, 3.63) is 12.2 Å². The summed E-state index contributed by atoms with van der Waals surface area (Å²) >= 11 is 0. The van der Waals surface area contributed by atoms with Gasteiger partial charge in [-0.05, 0) is 19.2 Å². The third kappa shape index (κ3) is 2.12. The number of hydrogen-bond donors (Lipinski definition) is 3. The van der Waals surface area contributed by atoms with Gasteiger partial charge in [-0.25, -0.2) is 4.79 Å². The Labute approximate surface area is 106 Å². The summed E-state index contributed by atoms with van der Waals surface area (Å²) in [7, 11) is 5.21. The minimum Gasteiger partial charge on any atom is -0.356 e. The number of hydrogen-bond acceptors (Lipinski definition) is 3. The van der Waals surface area contributed by atoms with Crippen molar-refractivity contribution in [2.75, 3.05) is 6.54 Å². The van der Waals surface area contributed by atoms with Crippen LogP contribution in [0.4, 0.5) is 4.79 Å². The van der Waals surface area contributed by atoms with Crippen LogP contribution in [0.2, 0.25) is 6.32 Å². The average Bonchev–Trinajstić information content (AvgIpc) is 2.63. The SMILES string of the molecule is [B]CC(=O)NCC1CC=CCC12NC(=O)NC2=O. The van der Waals surface area contributed by atoms with E-state index in [0.29, 0.717) is 19.4 Å². The molecule has 2 rings (SSSR count). The third-order valence-corrected chi connectivity index (χ3v) is 3.42. The molecule has 0 aromatic carbocycles. The summed E-state index contributed by atoms with van der Waals surface area (Å²) in [6, 6.07) is -0.481. The number of carbonyl (C=O) groups excluding carboxylic acids is 3. The lowest BCUT2D eigenvalue weighted by molar-refractivity contribution is -0.127. The summed E-state index contributed by atoms with van der Waals surface area (Å²) in [4.78, 5) is 34.4. The van der Waals surface area contributed by atoms with Crippen LogP contribution in [-0.2, 0) is 9.59 Å². The number of urea groups is 1. The second kappa shape index (κ2) is 4.84. The Morgan fingerprint density at radius 3 is 2.89 bits per heavy atom. The predicted octanol–water partition coefficient (Wildman–Crippen LogP) is -0.766. The number of rotatable bonds is 3. The summed E-state index contributed by atoms with van der Waals surface area (Å²) in [5.74, 6) is -0.766. The van der Waals surface area contributed by atoms with Crippen LogP contribution in [0.1, 0.15) is 12.8 Å². The molecule has 0 aromatic heterocycles. The zero-order valence-electron chi connectivity index (χ0n) is 9.86. The molecule has 0 bridgehead atoms. The normalized spacial score (nSPS) is 30.1. The molecule has 0 saturated carbocycles. The van der Waals surface area contributed by atoms with Crippen molar-refractivity contribution in [1.29, 1.82) is 0 Å². The third-order valence-electron chi connectivity index (χ3n) is 3.42. The topological polar surface area (TPSA) is 87.3 Å².